The van der Waals surface area contributed by atoms with E-state index in [-0.39, 0.29) is 11.5 Å². The van der Waals surface area contributed by atoms with E-state index in [0.717, 1.165) is 54.9 Å². The van der Waals surface area contributed by atoms with Crippen molar-refractivity contribution in [2.75, 3.05) is 6.54 Å². The highest BCUT2D eigenvalue weighted by Gasteiger charge is 2.35. The monoisotopic (exact) mass is 455 g/mol. The number of carbonyl (C=O) groups is 1. The smallest absolute Gasteiger partial charge is 0.220 e. The Bertz CT molecular complexity index is 936. The number of fused-ring (bicyclic) bond motifs is 1. The molecule has 1 saturated carbocycles. The second-order valence-electron chi connectivity index (χ2n) is 9.86. The van der Waals surface area contributed by atoms with Crippen LogP contribution in [0.1, 0.15) is 68.6 Å². The van der Waals surface area contributed by atoms with Crippen molar-refractivity contribution in [3.05, 3.63) is 64.2 Å². The van der Waals surface area contributed by atoms with Crippen molar-refractivity contribution in [1.29, 1.82) is 0 Å². The van der Waals surface area contributed by atoms with Crippen LogP contribution in [0.15, 0.2) is 42.5 Å². The third-order valence-corrected chi connectivity index (χ3v) is 7.13. The first kappa shape index (κ1) is 23.1. The molecule has 2 aliphatic rings. The Kier molecular flexibility index (Phi) is 7.11. The molecule has 1 heterocycles. The van der Waals surface area contributed by atoms with E-state index in [2.05, 4.69) is 36.5 Å². The van der Waals surface area contributed by atoms with E-state index in [9.17, 15) is 9.90 Å². The lowest BCUT2D eigenvalue weighted by molar-refractivity contribution is -0.121. The molecule has 2 aromatic rings. The molecule has 1 amide bonds. The summed E-state index contributed by atoms with van der Waals surface area (Å²) in [6.07, 6.45) is 8.59. The molecule has 1 aliphatic carbocycles. The first-order chi connectivity index (χ1) is 15.3. The molecule has 5 heteroatoms. The maximum absolute atomic E-state index is 12.3. The molecule has 1 atom stereocenters. The number of aliphatic hydroxyl groups is 1. The van der Waals surface area contributed by atoms with Gasteiger partial charge >= 0.3 is 0 Å². The molecular weight excluding hydrogens is 422 g/mol. The van der Waals surface area contributed by atoms with Crippen LogP contribution in [-0.4, -0.2) is 28.8 Å². The van der Waals surface area contributed by atoms with Gasteiger partial charge in [-0.25, -0.2) is 0 Å². The molecule has 4 rings (SSSR count). The molecule has 1 aliphatic heterocycles. The zero-order chi connectivity index (χ0) is 22.6. The van der Waals surface area contributed by atoms with E-state index in [4.69, 9.17) is 16.3 Å². The molecule has 2 N–H and O–H groups in total. The summed E-state index contributed by atoms with van der Waals surface area (Å²) in [6, 6.07) is 14.2. The van der Waals surface area contributed by atoms with E-state index >= 15 is 0 Å². The number of ether oxygens (including phenoxy) is 1. The van der Waals surface area contributed by atoms with Crippen molar-refractivity contribution >= 4 is 17.5 Å². The number of hydrogen-bond acceptors (Lipinski definition) is 3. The zero-order valence-corrected chi connectivity index (χ0v) is 19.7. The molecule has 172 valence electrons. The van der Waals surface area contributed by atoms with E-state index in [0.29, 0.717) is 25.8 Å². The lowest BCUT2D eigenvalue weighted by Crippen LogP contribution is -2.36. The molecule has 0 radical (unpaired) electrons. The standard InChI is InChI=1S/C27H34ClNO3/c1-26(18-21-5-9-23(28)10-6-21)19-22-17-20(7-11-24(22)32-26)8-12-25(30)29-16-15-27(31)13-3-2-4-14-27/h5-7,9-11,17,31H,2-4,8,12-16,18-19H2,1H3,(H,29,30). The number of amides is 1. The number of aryl methyl sites for hydroxylation is 1. The topological polar surface area (TPSA) is 58.6 Å². The molecule has 4 nitrogen and oxygen atoms in total. The lowest BCUT2D eigenvalue weighted by atomic mass is 9.82. The molecule has 32 heavy (non-hydrogen) atoms. The number of hydrogen-bond donors (Lipinski definition) is 2. The summed E-state index contributed by atoms with van der Waals surface area (Å²) in [6.45, 7) is 2.70. The average molecular weight is 456 g/mol. The van der Waals surface area contributed by atoms with E-state index in [1.165, 1.54) is 17.5 Å². The highest BCUT2D eigenvalue weighted by atomic mass is 35.5. The summed E-state index contributed by atoms with van der Waals surface area (Å²) in [5, 5.41) is 14.3. The number of halogens is 1. The molecule has 0 bridgehead atoms. The van der Waals surface area contributed by atoms with E-state index < -0.39 is 5.60 Å². The maximum atomic E-state index is 12.3. The number of nitrogens with one attached hydrogen (secondary N) is 1. The van der Waals surface area contributed by atoms with Gasteiger partial charge in [0.25, 0.3) is 0 Å². The van der Waals surface area contributed by atoms with E-state index in [1.807, 2.05) is 18.2 Å². The predicted molar refractivity (Wildman–Crippen MR) is 128 cm³/mol. The van der Waals surface area contributed by atoms with Gasteiger partial charge in [0, 0.05) is 30.8 Å². The minimum atomic E-state index is -0.579. The lowest BCUT2D eigenvalue weighted by Gasteiger charge is -2.32. The second kappa shape index (κ2) is 9.84. The van der Waals surface area contributed by atoms with Crippen LogP contribution in [-0.2, 0) is 24.1 Å². The van der Waals surface area contributed by atoms with Crippen LogP contribution >= 0.6 is 11.6 Å². The molecule has 0 saturated heterocycles. The van der Waals surface area contributed by atoms with Gasteiger partial charge < -0.3 is 15.2 Å². The third-order valence-electron chi connectivity index (χ3n) is 6.87. The molecule has 2 aromatic carbocycles. The first-order valence-electron chi connectivity index (χ1n) is 11.9. The zero-order valence-electron chi connectivity index (χ0n) is 19.0. The molecule has 0 spiro atoms. The Labute approximate surface area is 196 Å². The Hall–Kier alpha value is -2.04. The normalized spacial score (nSPS) is 21.6. The highest BCUT2D eigenvalue weighted by Crippen LogP contribution is 2.37. The summed E-state index contributed by atoms with van der Waals surface area (Å²) >= 11 is 6.00. The van der Waals surface area contributed by atoms with Gasteiger partial charge in [-0.1, -0.05) is 55.1 Å². The van der Waals surface area contributed by atoms with Crippen LogP contribution in [0, 0.1) is 0 Å². The third kappa shape index (κ3) is 6.05. The molecular formula is C27H34ClNO3. The molecule has 1 unspecified atom stereocenters. The van der Waals surface area contributed by atoms with Crippen LogP contribution in [0.2, 0.25) is 5.02 Å². The summed E-state index contributed by atoms with van der Waals surface area (Å²) in [5.74, 6) is 0.990. The van der Waals surface area contributed by atoms with Gasteiger partial charge in [-0.05, 0) is 67.5 Å². The van der Waals surface area contributed by atoms with Gasteiger partial charge in [0.1, 0.15) is 11.4 Å². The SMILES string of the molecule is CC1(Cc2ccc(Cl)cc2)Cc2cc(CCC(=O)NCCC3(O)CCCCC3)ccc2O1. The van der Waals surface area contributed by atoms with Gasteiger partial charge in [-0.3, -0.25) is 4.79 Å². The van der Waals surface area contributed by atoms with Gasteiger partial charge in [-0.15, -0.1) is 0 Å². The van der Waals surface area contributed by atoms with Crippen LogP contribution in [0.25, 0.3) is 0 Å². The second-order valence-corrected chi connectivity index (χ2v) is 10.3. The van der Waals surface area contributed by atoms with Gasteiger partial charge in [0.2, 0.25) is 5.91 Å². The summed E-state index contributed by atoms with van der Waals surface area (Å²) < 4.78 is 6.29. The van der Waals surface area contributed by atoms with Crippen molar-refractivity contribution < 1.29 is 14.6 Å². The fraction of sp³-hybridized carbons (Fsp3) is 0.519. The van der Waals surface area contributed by atoms with Crippen molar-refractivity contribution in [3.63, 3.8) is 0 Å². The number of carbonyl (C=O) groups excluding carboxylic acids is 1. The number of benzene rings is 2. The van der Waals surface area contributed by atoms with Crippen LogP contribution < -0.4 is 10.1 Å². The predicted octanol–water partition coefficient (Wildman–Crippen LogP) is 5.41. The molecule has 0 aromatic heterocycles. The minimum Gasteiger partial charge on any atom is -0.487 e. The fourth-order valence-electron chi connectivity index (χ4n) is 5.10. The van der Waals surface area contributed by atoms with Crippen molar-refractivity contribution in [1.82, 2.24) is 5.32 Å². The van der Waals surface area contributed by atoms with E-state index in [1.54, 1.807) is 0 Å². The van der Waals surface area contributed by atoms with Crippen LogP contribution in [0.5, 0.6) is 5.75 Å². The van der Waals surface area contributed by atoms with Crippen LogP contribution in [0.4, 0.5) is 0 Å². The van der Waals surface area contributed by atoms with Gasteiger partial charge in [-0.2, -0.15) is 0 Å². The summed E-state index contributed by atoms with van der Waals surface area (Å²) in [5.41, 5.74) is 2.72. The van der Waals surface area contributed by atoms with Gasteiger partial charge in [0.15, 0.2) is 0 Å². The Morgan fingerprint density at radius 2 is 1.81 bits per heavy atom. The minimum absolute atomic E-state index is 0.0498. The summed E-state index contributed by atoms with van der Waals surface area (Å²) in [7, 11) is 0. The fourth-order valence-corrected chi connectivity index (χ4v) is 5.23. The van der Waals surface area contributed by atoms with Crippen molar-refractivity contribution in [2.24, 2.45) is 0 Å². The summed E-state index contributed by atoms with van der Waals surface area (Å²) in [4.78, 5) is 12.3. The Morgan fingerprint density at radius 3 is 2.56 bits per heavy atom. The maximum Gasteiger partial charge on any atom is 0.220 e. The Morgan fingerprint density at radius 1 is 1.09 bits per heavy atom. The van der Waals surface area contributed by atoms with Crippen molar-refractivity contribution in [3.8, 4) is 5.75 Å². The first-order valence-corrected chi connectivity index (χ1v) is 12.2. The Balaban J connectivity index is 1.25. The molecule has 1 fully saturated rings. The average Bonchev–Trinajstić information content (AvgIpc) is 3.09. The number of rotatable bonds is 8. The van der Waals surface area contributed by atoms with Gasteiger partial charge in [0.05, 0.1) is 5.60 Å². The van der Waals surface area contributed by atoms with Crippen LogP contribution in [0.3, 0.4) is 0 Å². The highest BCUT2D eigenvalue weighted by molar-refractivity contribution is 6.30. The quantitative estimate of drug-likeness (QED) is 0.559. The largest absolute Gasteiger partial charge is 0.487 e. The van der Waals surface area contributed by atoms with Crippen molar-refractivity contribution in [2.45, 2.75) is 82.3 Å².